The minimum absolute atomic E-state index is 0.0438. The number of nitrogens with one attached hydrogen (secondary N) is 1. The molecule has 1 amide bonds. The molecule has 0 saturated carbocycles. The Morgan fingerprint density at radius 3 is 2.74 bits per heavy atom. The van der Waals surface area contributed by atoms with Crippen LogP contribution in [0.2, 0.25) is 0 Å². The molecule has 2 N–H and O–H groups in total. The molecule has 4 nitrogen and oxygen atoms in total. The van der Waals surface area contributed by atoms with Crippen molar-refractivity contribution in [3.05, 3.63) is 28.2 Å². The average Bonchev–Trinajstić information content (AvgIpc) is 2.38. The summed E-state index contributed by atoms with van der Waals surface area (Å²) in [6.45, 7) is 6.05. The summed E-state index contributed by atoms with van der Waals surface area (Å²) in [5.41, 5.74) is 1.12. The van der Waals surface area contributed by atoms with Gasteiger partial charge >= 0.3 is 0 Å². The Bertz CT molecular complexity index is 437. The first kappa shape index (κ1) is 16.0. The number of carbonyl (C=O) groups excluding carboxylic acids is 1. The van der Waals surface area contributed by atoms with Crippen LogP contribution in [0.3, 0.4) is 0 Å². The standard InChI is InChI=1S/C14H20BrNO3/c1-9-4-5-13(12(15)6-9)19-11(3)14(18)16-7-10(2)8-17/h4-6,10-11,17H,7-8H2,1-3H3,(H,16,18). The third-order valence-corrected chi connectivity index (χ3v) is 3.32. The van der Waals surface area contributed by atoms with Crippen LogP contribution in [0.15, 0.2) is 22.7 Å². The molecule has 0 aromatic heterocycles. The molecule has 1 rings (SSSR count). The van der Waals surface area contributed by atoms with Crippen molar-refractivity contribution in [1.82, 2.24) is 5.32 Å². The molecule has 1 aromatic carbocycles. The van der Waals surface area contributed by atoms with Gasteiger partial charge in [-0.2, -0.15) is 0 Å². The second kappa shape index (κ2) is 7.50. The van der Waals surface area contributed by atoms with Gasteiger partial charge in [-0.1, -0.05) is 13.0 Å². The van der Waals surface area contributed by atoms with Crippen LogP contribution < -0.4 is 10.1 Å². The second-order valence-electron chi connectivity index (χ2n) is 4.73. The van der Waals surface area contributed by atoms with E-state index in [-0.39, 0.29) is 18.4 Å². The van der Waals surface area contributed by atoms with E-state index in [0.29, 0.717) is 12.3 Å². The monoisotopic (exact) mass is 329 g/mol. The Morgan fingerprint density at radius 2 is 2.16 bits per heavy atom. The number of ether oxygens (including phenoxy) is 1. The highest BCUT2D eigenvalue weighted by Crippen LogP contribution is 2.26. The van der Waals surface area contributed by atoms with E-state index in [0.717, 1.165) is 10.0 Å². The van der Waals surface area contributed by atoms with E-state index in [4.69, 9.17) is 9.84 Å². The van der Waals surface area contributed by atoms with Gasteiger partial charge in [0.15, 0.2) is 6.10 Å². The van der Waals surface area contributed by atoms with Crippen LogP contribution in [-0.4, -0.2) is 30.3 Å². The maximum atomic E-state index is 11.8. The van der Waals surface area contributed by atoms with Crippen molar-refractivity contribution < 1.29 is 14.6 Å². The Labute approximate surface area is 122 Å². The number of benzene rings is 1. The Hall–Kier alpha value is -1.07. The van der Waals surface area contributed by atoms with Crippen LogP contribution in [0.25, 0.3) is 0 Å². The van der Waals surface area contributed by atoms with Gasteiger partial charge in [-0.15, -0.1) is 0 Å². The quantitative estimate of drug-likeness (QED) is 0.841. The highest BCUT2D eigenvalue weighted by Gasteiger charge is 2.16. The van der Waals surface area contributed by atoms with Crippen molar-refractivity contribution >= 4 is 21.8 Å². The summed E-state index contributed by atoms with van der Waals surface area (Å²) in [7, 11) is 0. The van der Waals surface area contributed by atoms with Crippen molar-refractivity contribution in [2.45, 2.75) is 26.9 Å². The van der Waals surface area contributed by atoms with Gasteiger partial charge in [-0.3, -0.25) is 4.79 Å². The summed E-state index contributed by atoms with van der Waals surface area (Å²) in [5, 5.41) is 11.6. The van der Waals surface area contributed by atoms with Gasteiger partial charge in [0.05, 0.1) is 4.47 Å². The first-order valence-corrected chi connectivity index (χ1v) is 7.04. The summed E-state index contributed by atoms with van der Waals surface area (Å²) >= 11 is 3.41. The van der Waals surface area contributed by atoms with E-state index in [2.05, 4.69) is 21.2 Å². The van der Waals surface area contributed by atoms with Crippen LogP contribution >= 0.6 is 15.9 Å². The number of aryl methyl sites for hydroxylation is 1. The number of hydrogen-bond acceptors (Lipinski definition) is 3. The third kappa shape index (κ3) is 5.20. The Kier molecular flexibility index (Phi) is 6.31. The van der Waals surface area contributed by atoms with Crippen LogP contribution in [0.5, 0.6) is 5.75 Å². The van der Waals surface area contributed by atoms with Crippen LogP contribution in [0.4, 0.5) is 0 Å². The molecule has 0 aliphatic heterocycles. The fourth-order valence-electron chi connectivity index (χ4n) is 1.43. The molecule has 5 heteroatoms. The number of amides is 1. The average molecular weight is 330 g/mol. The predicted octanol–water partition coefficient (Wildman–Crippen LogP) is 2.27. The molecule has 106 valence electrons. The summed E-state index contributed by atoms with van der Waals surface area (Å²) in [4.78, 5) is 11.8. The Balaban J connectivity index is 2.54. The van der Waals surface area contributed by atoms with Gasteiger partial charge in [0.25, 0.3) is 5.91 Å². The zero-order chi connectivity index (χ0) is 14.4. The largest absolute Gasteiger partial charge is 0.480 e. The van der Waals surface area contributed by atoms with Gasteiger partial charge in [0, 0.05) is 13.2 Å². The molecular weight excluding hydrogens is 310 g/mol. The van der Waals surface area contributed by atoms with E-state index in [1.165, 1.54) is 0 Å². The lowest BCUT2D eigenvalue weighted by atomic mass is 10.2. The van der Waals surface area contributed by atoms with E-state index in [1.54, 1.807) is 6.92 Å². The Morgan fingerprint density at radius 1 is 1.47 bits per heavy atom. The number of hydrogen-bond donors (Lipinski definition) is 2. The second-order valence-corrected chi connectivity index (χ2v) is 5.58. The summed E-state index contributed by atoms with van der Waals surface area (Å²) < 4.78 is 6.44. The minimum atomic E-state index is -0.579. The van der Waals surface area contributed by atoms with Gasteiger partial charge in [-0.05, 0) is 53.4 Å². The van der Waals surface area contributed by atoms with E-state index in [9.17, 15) is 4.79 Å². The third-order valence-electron chi connectivity index (χ3n) is 2.70. The smallest absolute Gasteiger partial charge is 0.260 e. The SMILES string of the molecule is Cc1ccc(OC(C)C(=O)NCC(C)CO)c(Br)c1. The highest BCUT2D eigenvalue weighted by molar-refractivity contribution is 9.10. The van der Waals surface area contributed by atoms with Gasteiger partial charge < -0.3 is 15.2 Å². The zero-order valence-corrected chi connectivity index (χ0v) is 13.0. The van der Waals surface area contributed by atoms with Crippen molar-refractivity contribution in [1.29, 1.82) is 0 Å². The highest BCUT2D eigenvalue weighted by atomic mass is 79.9. The molecule has 0 saturated heterocycles. The topological polar surface area (TPSA) is 58.6 Å². The molecule has 1 aromatic rings. The molecule has 0 radical (unpaired) electrons. The van der Waals surface area contributed by atoms with Crippen molar-refractivity contribution in [2.75, 3.05) is 13.2 Å². The maximum absolute atomic E-state index is 11.8. The van der Waals surface area contributed by atoms with E-state index >= 15 is 0 Å². The van der Waals surface area contributed by atoms with Crippen LogP contribution in [0.1, 0.15) is 19.4 Å². The van der Waals surface area contributed by atoms with Crippen LogP contribution in [-0.2, 0) is 4.79 Å². The van der Waals surface area contributed by atoms with Crippen molar-refractivity contribution in [2.24, 2.45) is 5.92 Å². The fourth-order valence-corrected chi connectivity index (χ4v) is 2.02. The first-order valence-electron chi connectivity index (χ1n) is 6.25. The van der Waals surface area contributed by atoms with Gasteiger partial charge in [0.2, 0.25) is 0 Å². The van der Waals surface area contributed by atoms with Crippen molar-refractivity contribution in [3.63, 3.8) is 0 Å². The van der Waals surface area contributed by atoms with Gasteiger partial charge in [-0.25, -0.2) is 0 Å². The van der Waals surface area contributed by atoms with E-state index < -0.39 is 6.10 Å². The molecule has 0 heterocycles. The van der Waals surface area contributed by atoms with Crippen LogP contribution in [0, 0.1) is 12.8 Å². The van der Waals surface area contributed by atoms with E-state index in [1.807, 2.05) is 32.0 Å². The van der Waals surface area contributed by atoms with Gasteiger partial charge in [0.1, 0.15) is 5.75 Å². The normalized spacial score (nSPS) is 13.7. The fraction of sp³-hybridized carbons (Fsp3) is 0.500. The number of aliphatic hydroxyl groups is 1. The first-order chi connectivity index (χ1) is 8.93. The lowest BCUT2D eigenvalue weighted by Crippen LogP contribution is -2.39. The summed E-state index contributed by atoms with van der Waals surface area (Å²) in [5.74, 6) is 0.499. The lowest BCUT2D eigenvalue weighted by molar-refractivity contribution is -0.127. The number of rotatable bonds is 6. The summed E-state index contributed by atoms with van der Waals surface area (Å²) in [6.07, 6.45) is -0.579. The molecule has 0 fully saturated rings. The molecule has 0 spiro atoms. The van der Waals surface area contributed by atoms with Crippen molar-refractivity contribution in [3.8, 4) is 5.75 Å². The number of carbonyl (C=O) groups is 1. The number of aliphatic hydroxyl groups excluding tert-OH is 1. The predicted molar refractivity (Wildman–Crippen MR) is 78.2 cm³/mol. The molecule has 0 aliphatic carbocycles. The molecule has 2 atom stereocenters. The molecular formula is C14H20BrNO3. The number of halogens is 1. The molecule has 19 heavy (non-hydrogen) atoms. The summed E-state index contributed by atoms with van der Waals surface area (Å²) in [6, 6.07) is 5.70. The minimum Gasteiger partial charge on any atom is -0.480 e. The molecule has 0 bridgehead atoms. The maximum Gasteiger partial charge on any atom is 0.260 e. The molecule has 0 aliphatic rings. The molecule has 2 unspecified atom stereocenters. The lowest BCUT2D eigenvalue weighted by Gasteiger charge is -2.17. The zero-order valence-electron chi connectivity index (χ0n) is 11.4.